The smallest absolute Gasteiger partial charge is 0.331 e. The molecule has 1 fully saturated rings. The van der Waals surface area contributed by atoms with Crippen molar-refractivity contribution < 1.29 is 29.1 Å². The molecule has 0 aromatic rings. The second-order valence-corrected chi connectivity index (χ2v) is 9.91. The van der Waals surface area contributed by atoms with Gasteiger partial charge in [-0.1, -0.05) is 27.2 Å². The molecule has 180 valence electrons. The molecule has 1 aliphatic carbocycles. The molecule has 0 saturated heterocycles. The molecule has 8 nitrogen and oxygen atoms in total. The first-order valence-electron chi connectivity index (χ1n) is 11.6. The van der Waals surface area contributed by atoms with E-state index in [1.807, 2.05) is 41.5 Å². The van der Waals surface area contributed by atoms with E-state index < -0.39 is 29.6 Å². The normalized spacial score (nSPS) is 17.8. The quantitative estimate of drug-likeness (QED) is 0.196. The van der Waals surface area contributed by atoms with Crippen molar-refractivity contribution in [1.82, 2.24) is 10.4 Å². The third-order valence-electron chi connectivity index (χ3n) is 5.43. The van der Waals surface area contributed by atoms with Gasteiger partial charge >= 0.3 is 5.97 Å². The fraction of sp³-hybridized carbons (Fsp3) is 0.870. The van der Waals surface area contributed by atoms with Gasteiger partial charge in [-0.2, -0.15) is 0 Å². The SMILES string of the molecule is CCCC(C(CC(C)C)C(=O)NC(COC(C)(C)C)C(=O)OC1CCCC1)N(O)C=O. The van der Waals surface area contributed by atoms with Crippen molar-refractivity contribution in [3.63, 3.8) is 0 Å². The van der Waals surface area contributed by atoms with Crippen molar-refractivity contribution in [2.75, 3.05) is 6.61 Å². The summed E-state index contributed by atoms with van der Waals surface area (Å²) in [4.78, 5) is 37.3. The molecule has 0 radical (unpaired) electrons. The number of ether oxygens (including phenoxy) is 2. The number of amides is 2. The Morgan fingerprint density at radius 3 is 2.32 bits per heavy atom. The second-order valence-electron chi connectivity index (χ2n) is 9.91. The Balaban J connectivity index is 3.01. The van der Waals surface area contributed by atoms with Gasteiger partial charge < -0.3 is 14.8 Å². The maximum atomic E-state index is 13.3. The van der Waals surface area contributed by atoms with Crippen LogP contribution in [0.25, 0.3) is 0 Å². The zero-order valence-corrected chi connectivity index (χ0v) is 20.1. The van der Waals surface area contributed by atoms with Gasteiger partial charge in [-0.05, 0) is 65.2 Å². The molecule has 0 aromatic heterocycles. The Labute approximate surface area is 187 Å². The Morgan fingerprint density at radius 1 is 1.23 bits per heavy atom. The summed E-state index contributed by atoms with van der Waals surface area (Å²) in [7, 11) is 0. The lowest BCUT2D eigenvalue weighted by atomic mass is 9.87. The number of hydrogen-bond acceptors (Lipinski definition) is 6. The summed E-state index contributed by atoms with van der Waals surface area (Å²) in [5.41, 5.74) is -0.488. The van der Waals surface area contributed by atoms with Crippen LogP contribution in [0, 0.1) is 11.8 Å². The zero-order valence-electron chi connectivity index (χ0n) is 20.1. The molecule has 3 unspecified atom stereocenters. The van der Waals surface area contributed by atoms with Crippen molar-refractivity contribution in [1.29, 1.82) is 0 Å². The van der Waals surface area contributed by atoms with Crippen LogP contribution in [0.3, 0.4) is 0 Å². The summed E-state index contributed by atoms with van der Waals surface area (Å²) in [6.07, 6.45) is 5.56. The number of carbonyl (C=O) groups is 3. The molecule has 31 heavy (non-hydrogen) atoms. The summed E-state index contributed by atoms with van der Waals surface area (Å²) in [5, 5.41) is 13.5. The molecule has 0 bridgehead atoms. The van der Waals surface area contributed by atoms with Gasteiger partial charge in [-0.25, -0.2) is 9.86 Å². The van der Waals surface area contributed by atoms with Gasteiger partial charge in [0.25, 0.3) is 0 Å². The highest BCUT2D eigenvalue weighted by Gasteiger charge is 2.36. The number of rotatable bonds is 13. The maximum Gasteiger partial charge on any atom is 0.331 e. The fourth-order valence-electron chi connectivity index (χ4n) is 3.87. The van der Waals surface area contributed by atoms with E-state index in [9.17, 15) is 19.6 Å². The molecule has 0 aliphatic heterocycles. The first kappa shape index (κ1) is 27.4. The van der Waals surface area contributed by atoms with Crippen LogP contribution in [0.1, 0.15) is 86.5 Å². The van der Waals surface area contributed by atoms with Crippen molar-refractivity contribution in [3.05, 3.63) is 0 Å². The van der Waals surface area contributed by atoms with E-state index in [4.69, 9.17) is 9.47 Å². The Kier molecular flexibility index (Phi) is 11.5. The van der Waals surface area contributed by atoms with Crippen molar-refractivity contribution in [2.24, 2.45) is 11.8 Å². The minimum absolute atomic E-state index is 0.00977. The first-order valence-corrected chi connectivity index (χ1v) is 11.6. The first-order chi connectivity index (χ1) is 14.5. The largest absolute Gasteiger partial charge is 0.461 e. The van der Waals surface area contributed by atoms with E-state index in [0.29, 0.717) is 30.7 Å². The topological polar surface area (TPSA) is 105 Å². The van der Waals surface area contributed by atoms with E-state index in [2.05, 4.69) is 5.32 Å². The van der Waals surface area contributed by atoms with E-state index in [-0.39, 0.29) is 24.5 Å². The number of esters is 1. The van der Waals surface area contributed by atoms with Gasteiger partial charge in [0.15, 0.2) is 6.04 Å². The molecular weight excluding hydrogens is 400 g/mol. The number of nitrogens with one attached hydrogen (secondary N) is 1. The Morgan fingerprint density at radius 2 is 1.84 bits per heavy atom. The minimum atomic E-state index is -0.951. The predicted molar refractivity (Wildman–Crippen MR) is 117 cm³/mol. The summed E-state index contributed by atoms with van der Waals surface area (Å²) < 4.78 is 11.4. The molecule has 1 rings (SSSR count). The van der Waals surface area contributed by atoms with Crippen LogP contribution in [0.15, 0.2) is 0 Å². The van der Waals surface area contributed by atoms with Crippen LogP contribution < -0.4 is 5.32 Å². The molecule has 1 aliphatic rings. The van der Waals surface area contributed by atoms with E-state index >= 15 is 0 Å². The highest BCUT2D eigenvalue weighted by atomic mass is 16.6. The van der Waals surface area contributed by atoms with E-state index in [1.54, 1.807) is 0 Å². The lowest BCUT2D eigenvalue weighted by molar-refractivity contribution is -0.170. The zero-order chi connectivity index (χ0) is 23.6. The van der Waals surface area contributed by atoms with Crippen molar-refractivity contribution >= 4 is 18.3 Å². The molecule has 8 heteroatoms. The van der Waals surface area contributed by atoms with Gasteiger partial charge in [0.1, 0.15) is 6.10 Å². The third-order valence-corrected chi connectivity index (χ3v) is 5.43. The molecule has 2 amide bonds. The highest BCUT2D eigenvalue weighted by molar-refractivity contribution is 5.86. The van der Waals surface area contributed by atoms with Crippen LogP contribution in [-0.4, -0.2) is 59.0 Å². The number of carbonyl (C=O) groups excluding carboxylic acids is 3. The van der Waals surface area contributed by atoms with Crippen LogP contribution in [0.4, 0.5) is 0 Å². The summed E-state index contributed by atoms with van der Waals surface area (Å²) in [6.45, 7) is 11.5. The summed E-state index contributed by atoms with van der Waals surface area (Å²) >= 11 is 0. The van der Waals surface area contributed by atoms with Gasteiger partial charge in [0.05, 0.1) is 24.2 Å². The summed E-state index contributed by atoms with van der Waals surface area (Å²) in [6, 6.07) is -1.62. The van der Waals surface area contributed by atoms with Crippen LogP contribution in [0.2, 0.25) is 0 Å². The highest BCUT2D eigenvalue weighted by Crippen LogP contribution is 2.24. The van der Waals surface area contributed by atoms with Crippen molar-refractivity contribution in [3.8, 4) is 0 Å². The third kappa shape index (κ3) is 9.99. The number of nitrogens with zero attached hydrogens (tertiary/aromatic N) is 1. The molecule has 3 atom stereocenters. The van der Waals surface area contributed by atoms with Gasteiger partial charge in [0.2, 0.25) is 12.3 Å². The standard InChI is InChI=1S/C23H42N2O6/c1-7-10-20(25(29)15-26)18(13-16(2)3)21(27)24-19(14-30-23(4,5)6)22(28)31-17-11-8-9-12-17/h15-20,29H,7-14H2,1-6H3,(H,24,27). The van der Waals surface area contributed by atoms with E-state index in [0.717, 1.165) is 25.7 Å². The minimum Gasteiger partial charge on any atom is -0.461 e. The molecule has 1 saturated carbocycles. The maximum absolute atomic E-state index is 13.3. The molecule has 0 spiro atoms. The Hall–Kier alpha value is -1.67. The van der Waals surface area contributed by atoms with E-state index in [1.165, 1.54) is 0 Å². The van der Waals surface area contributed by atoms with Gasteiger partial charge in [-0.15, -0.1) is 0 Å². The summed E-state index contributed by atoms with van der Waals surface area (Å²) in [5.74, 6) is -1.40. The predicted octanol–water partition coefficient (Wildman–Crippen LogP) is 3.45. The molecular formula is C23H42N2O6. The molecule has 0 aromatic carbocycles. The van der Waals surface area contributed by atoms with Gasteiger partial charge in [-0.3, -0.25) is 14.8 Å². The Bertz CT molecular complexity index is 569. The van der Waals surface area contributed by atoms with Crippen molar-refractivity contribution in [2.45, 2.75) is 110 Å². The molecule has 2 N–H and O–H groups in total. The van der Waals surface area contributed by atoms with Crippen LogP contribution in [0.5, 0.6) is 0 Å². The number of hydroxylamine groups is 2. The van der Waals surface area contributed by atoms with Crippen LogP contribution >= 0.6 is 0 Å². The monoisotopic (exact) mass is 442 g/mol. The number of hydrogen-bond donors (Lipinski definition) is 2. The average Bonchev–Trinajstić information content (AvgIpc) is 3.18. The average molecular weight is 443 g/mol. The second kappa shape index (κ2) is 13.0. The lowest BCUT2D eigenvalue weighted by Crippen LogP contribution is -2.52. The molecule has 0 heterocycles. The van der Waals surface area contributed by atoms with Gasteiger partial charge in [0, 0.05) is 0 Å². The fourth-order valence-corrected chi connectivity index (χ4v) is 3.87. The lowest BCUT2D eigenvalue weighted by Gasteiger charge is -2.32. The van der Waals surface area contributed by atoms with Crippen LogP contribution in [-0.2, 0) is 23.9 Å².